The normalized spacial score (nSPS) is 9.94. The highest BCUT2D eigenvalue weighted by molar-refractivity contribution is 5.67. The van der Waals surface area contributed by atoms with Crippen molar-refractivity contribution in [3.63, 3.8) is 0 Å². The van der Waals surface area contributed by atoms with Crippen LogP contribution in [0.15, 0.2) is 49.1 Å². The molecule has 0 saturated carbocycles. The molecule has 4 heteroatoms. The lowest BCUT2D eigenvalue weighted by Gasteiger charge is -2.00. The van der Waals surface area contributed by atoms with Crippen LogP contribution in [0.2, 0.25) is 0 Å². The van der Waals surface area contributed by atoms with Gasteiger partial charge in [0.2, 0.25) is 6.54 Å². The molecule has 86 valence electrons. The van der Waals surface area contributed by atoms with E-state index in [4.69, 9.17) is 0 Å². The molecule has 0 aliphatic carbocycles. The van der Waals surface area contributed by atoms with Gasteiger partial charge in [-0.05, 0) is 23.3 Å². The fourth-order valence-electron chi connectivity index (χ4n) is 1.51. The summed E-state index contributed by atoms with van der Waals surface area (Å²) in [6, 6.07) is 7.80. The molecular formula is C13H13N2O2+. The number of carbonyl (C=O) groups is 1. The summed E-state index contributed by atoms with van der Waals surface area (Å²) < 4.78 is 6.38. The van der Waals surface area contributed by atoms with Crippen LogP contribution in [-0.2, 0) is 16.1 Å². The number of hydrogen-bond donors (Lipinski definition) is 0. The zero-order valence-electron chi connectivity index (χ0n) is 9.54. The molecule has 0 fully saturated rings. The smallest absolute Gasteiger partial charge is 0.372 e. The highest BCUT2D eigenvalue weighted by Crippen LogP contribution is 2.15. The monoisotopic (exact) mass is 229 g/mol. The molecule has 0 spiro atoms. The fourth-order valence-corrected chi connectivity index (χ4v) is 1.51. The van der Waals surface area contributed by atoms with Gasteiger partial charge in [0.15, 0.2) is 12.4 Å². The van der Waals surface area contributed by atoms with Gasteiger partial charge in [0.05, 0.1) is 7.11 Å². The molecule has 2 aromatic rings. The van der Waals surface area contributed by atoms with Gasteiger partial charge in [0.1, 0.15) is 0 Å². The number of ether oxygens (including phenoxy) is 1. The Balaban J connectivity index is 2.16. The predicted molar refractivity (Wildman–Crippen MR) is 61.9 cm³/mol. The van der Waals surface area contributed by atoms with Gasteiger partial charge in [0.25, 0.3) is 0 Å². The molecule has 2 aromatic heterocycles. The Morgan fingerprint density at radius 2 is 1.76 bits per heavy atom. The Labute approximate surface area is 99.5 Å². The largest absolute Gasteiger partial charge is 0.464 e. The van der Waals surface area contributed by atoms with E-state index in [2.05, 4.69) is 9.72 Å². The van der Waals surface area contributed by atoms with Crippen LogP contribution in [0.1, 0.15) is 0 Å². The van der Waals surface area contributed by atoms with Crippen LogP contribution in [0, 0.1) is 0 Å². The molecule has 0 aromatic carbocycles. The molecule has 17 heavy (non-hydrogen) atoms. The molecule has 0 saturated heterocycles. The average Bonchev–Trinajstić information content (AvgIpc) is 2.40. The second-order valence-corrected chi connectivity index (χ2v) is 3.57. The average molecular weight is 229 g/mol. The molecule has 0 aliphatic heterocycles. The standard InChI is InChI=1S/C13H13N2O2/c1-17-13(16)10-15-8-4-12(5-9-15)11-2-6-14-7-3-11/h2-9H,10H2,1H3/q+1. The van der Waals surface area contributed by atoms with E-state index >= 15 is 0 Å². The maximum absolute atomic E-state index is 11.1. The number of methoxy groups -OCH3 is 1. The van der Waals surface area contributed by atoms with Crippen molar-refractivity contribution in [3.8, 4) is 11.1 Å². The summed E-state index contributed by atoms with van der Waals surface area (Å²) in [6.07, 6.45) is 7.22. The molecule has 2 heterocycles. The Bertz CT molecular complexity index is 495. The molecule has 0 bridgehead atoms. The van der Waals surface area contributed by atoms with Gasteiger partial charge in [-0.2, -0.15) is 4.57 Å². The lowest BCUT2D eigenvalue weighted by atomic mass is 10.1. The summed E-state index contributed by atoms with van der Waals surface area (Å²) in [5.74, 6) is -0.258. The van der Waals surface area contributed by atoms with Gasteiger partial charge in [-0.25, -0.2) is 4.79 Å². The van der Waals surface area contributed by atoms with E-state index in [1.807, 2.05) is 36.7 Å². The molecule has 0 radical (unpaired) electrons. The Morgan fingerprint density at radius 3 is 2.35 bits per heavy atom. The van der Waals surface area contributed by atoms with Gasteiger partial charge >= 0.3 is 5.97 Å². The summed E-state index contributed by atoms with van der Waals surface area (Å²) >= 11 is 0. The quantitative estimate of drug-likeness (QED) is 0.587. The van der Waals surface area contributed by atoms with Crippen molar-refractivity contribution in [2.45, 2.75) is 6.54 Å². The van der Waals surface area contributed by atoms with E-state index in [0.717, 1.165) is 11.1 Å². The third-order valence-corrected chi connectivity index (χ3v) is 2.44. The lowest BCUT2D eigenvalue weighted by molar-refractivity contribution is -0.685. The first kappa shape index (κ1) is 11.3. The third kappa shape index (κ3) is 2.87. The predicted octanol–water partition coefficient (Wildman–Crippen LogP) is 1.21. The van der Waals surface area contributed by atoms with Crippen molar-refractivity contribution in [1.29, 1.82) is 0 Å². The zero-order valence-corrected chi connectivity index (χ0v) is 9.54. The molecule has 0 atom stereocenters. The van der Waals surface area contributed by atoms with Crippen molar-refractivity contribution in [1.82, 2.24) is 4.98 Å². The van der Waals surface area contributed by atoms with Gasteiger partial charge in [-0.1, -0.05) is 0 Å². The fraction of sp³-hybridized carbons (Fsp3) is 0.154. The molecular weight excluding hydrogens is 216 g/mol. The zero-order chi connectivity index (χ0) is 12.1. The van der Waals surface area contributed by atoms with Crippen LogP contribution in [0.5, 0.6) is 0 Å². The Morgan fingerprint density at radius 1 is 1.18 bits per heavy atom. The number of nitrogens with zero attached hydrogens (tertiary/aromatic N) is 2. The van der Waals surface area contributed by atoms with E-state index in [1.165, 1.54) is 7.11 Å². The first-order valence-corrected chi connectivity index (χ1v) is 5.26. The van der Waals surface area contributed by atoms with Crippen LogP contribution in [0.25, 0.3) is 11.1 Å². The van der Waals surface area contributed by atoms with Gasteiger partial charge in [-0.15, -0.1) is 0 Å². The van der Waals surface area contributed by atoms with Crippen molar-refractivity contribution in [2.24, 2.45) is 0 Å². The van der Waals surface area contributed by atoms with Gasteiger partial charge in [0, 0.05) is 24.5 Å². The second-order valence-electron chi connectivity index (χ2n) is 3.57. The van der Waals surface area contributed by atoms with Crippen molar-refractivity contribution >= 4 is 5.97 Å². The SMILES string of the molecule is COC(=O)C[n+]1ccc(-c2ccncc2)cc1. The van der Waals surface area contributed by atoms with Crippen LogP contribution in [0.3, 0.4) is 0 Å². The molecule has 4 nitrogen and oxygen atoms in total. The minimum atomic E-state index is -0.258. The lowest BCUT2D eigenvalue weighted by Crippen LogP contribution is -2.37. The van der Waals surface area contributed by atoms with E-state index in [9.17, 15) is 4.79 Å². The molecule has 0 N–H and O–H groups in total. The van der Waals surface area contributed by atoms with Crippen LogP contribution >= 0.6 is 0 Å². The minimum absolute atomic E-state index is 0.229. The number of pyridine rings is 2. The summed E-state index contributed by atoms with van der Waals surface area (Å²) in [4.78, 5) is 15.1. The number of esters is 1. The highest BCUT2D eigenvalue weighted by atomic mass is 16.5. The van der Waals surface area contributed by atoms with Crippen LogP contribution in [0.4, 0.5) is 0 Å². The number of carbonyl (C=O) groups excluding carboxylic acids is 1. The van der Waals surface area contributed by atoms with Crippen molar-refractivity contribution in [2.75, 3.05) is 7.11 Å². The van der Waals surface area contributed by atoms with Gasteiger partial charge < -0.3 is 4.74 Å². The van der Waals surface area contributed by atoms with Crippen molar-refractivity contribution < 1.29 is 14.1 Å². The maximum atomic E-state index is 11.1. The summed E-state index contributed by atoms with van der Waals surface area (Å²) in [6.45, 7) is 0.229. The van der Waals surface area contributed by atoms with E-state index in [-0.39, 0.29) is 12.5 Å². The summed E-state index contributed by atoms with van der Waals surface area (Å²) in [5.41, 5.74) is 2.19. The number of hydrogen-bond acceptors (Lipinski definition) is 3. The summed E-state index contributed by atoms with van der Waals surface area (Å²) in [7, 11) is 1.38. The van der Waals surface area contributed by atoms with Crippen molar-refractivity contribution in [3.05, 3.63) is 49.1 Å². The maximum Gasteiger partial charge on any atom is 0.372 e. The molecule has 0 amide bonds. The van der Waals surface area contributed by atoms with Crippen LogP contribution in [-0.4, -0.2) is 18.1 Å². The molecule has 0 unspecified atom stereocenters. The number of rotatable bonds is 3. The minimum Gasteiger partial charge on any atom is -0.464 e. The van der Waals surface area contributed by atoms with Gasteiger partial charge in [-0.3, -0.25) is 4.98 Å². The molecule has 2 rings (SSSR count). The first-order valence-electron chi connectivity index (χ1n) is 5.26. The second kappa shape index (κ2) is 5.21. The topological polar surface area (TPSA) is 43.1 Å². The first-order chi connectivity index (χ1) is 8.29. The van der Waals surface area contributed by atoms with Crippen LogP contribution < -0.4 is 4.57 Å². The Hall–Kier alpha value is -2.23. The summed E-state index contributed by atoms with van der Waals surface area (Å²) in [5, 5.41) is 0. The third-order valence-electron chi connectivity index (χ3n) is 2.44. The molecule has 0 aliphatic rings. The Kier molecular flexibility index (Phi) is 3.45. The van der Waals surface area contributed by atoms with E-state index in [1.54, 1.807) is 17.0 Å². The highest BCUT2D eigenvalue weighted by Gasteiger charge is 2.08. The van der Waals surface area contributed by atoms with E-state index in [0.29, 0.717) is 0 Å². The number of aromatic nitrogens is 2. The van der Waals surface area contributed by atoms with E-state index < -0.39 is 0 Å².